The molecule has 1 heterocycles. The van der Waals surface area contributed by atoms with Gasteiger partial charge in [0.05, 0.1) is 19.2 Å². The van der Waals surface area contributed by atoms with Crippen LogP contribution >= 0.6 is 0 Å². The van der Waals surface area contributed by atoms with E-state index in [1.807, 2.05) is 12.1 Å². The minimum atomic E-state index is 0.160. The van der Waals surface area contributed by atoms with Crippen molar-refractivity contribution in [2.75, 3.05) is 7.11 Å². The Hall–Kier alpha value is -1.90. The third-order valence-corrected chi connectivity index (χ3v) is 3.42. The Balaban J connectivity index is 2.11. The lowest BCUT2D eigenvalue weighted by atomic mass is 10.1. The van der Waals surface area contributed by atoms with Crippen LogP contribution in [0.1, 0.15) is 18.4 Å². The summed E-state index contributed by atoms with van der Waals surface area (Å²) >= 11 is 0. The van der Waals surface area contributed by atoms with E-state index in [0.29, 0.717) is 0 Å². The topological polar surface area (TPSA) is 12.5 Å². The quantitative estimate of drug-likeness (QED) is 0.750. The molecule has 2 nitrogen and oxygen atoms in total. The van der Waals surface area contributed by atoms with Crippen LogP contribution in [-0.2, 0) is 6.54 Å². The fraction of sp³-hybridized carbons (Fsp3) is 0.375. The average molecular weight is 239 g/mol. The van der Waals surface area contributed by atoms with Gasteiger partial charge in [0, 0.05) is 6.54 Å². The number of rotatable bonds is 3. The zero-order valence-corrected chi connectivity index (χ0v) is 10.6. The van der Waals surface area contributed by atoms with Crippen LogP contribution in [-0.4, -0.2) is 24.1 Å². The molecule has 18 heavy (non-hydrogen) atoms. The molecule has 1 aromatic rings. The first-order valence-corrected chi connectivity index (χ1v) is 6.09. The van der Waals surface area contributed by atoms with Gasteiger partial charge in [0.15, 0.2) is 0 Å². The van der Waals surface area contributed by atoms with Gasteiger partial charge in [0.1, 0.15) is 5.75 Å². The molecule has 1 aliphatic heterocycles. The van der Waals surface area contributed by atoms with E-state index >= 15 is 0 Å². The van der Waals surface area contributed by atoms with Gasteiger partial charge in [0.2, 0.25) is 0 Å². The fourth-order valence-electron chi connectivity index (χ4n) is 2.38. The second kappa shape index (κ2) is 5.63. The standard InChI is InChI=1S/C16H17NO/c1-4-14-8-9-15(5-2)17(14)12-13-6-10-16(18-3)11-7-13/h1-2,6-7,10-11,14-15H,8-9,12H2,3H3/t14-,15-/m0/s1. The fourth-order valence-corrected chi connectivity index (χ4v) is 2.38. The Morgan fingerprint density at radius 2 is 1.72 bits per heavy atom. The maximum Gasteiger partial charge on any atom is 0.118 e. The molecule has 0 aliphatic carbocycles. The Morgan fingerprint density at radius 3 is 2.17 bits per heavy atom. The third-order valence-electron chi connectivity index (χ3n) is 3.42. The molecule has 1 fully saturated rings. The van der Waals surface area contributed by atoms with Gasteiger partial charge in [-0.15, -0.1) is 12.8 Å². The van der Waals surface area contributed by atoms with E-state index in [1.54, 1.807) is 7.11 Å². The average Bonchev–Trinajstić information content (AvgIpc) is 2.81. The molecule has 0 unspecified atom stereocenters. The van der Waals surface area contributed by atoms with E-state index in [9.17, 15) is 0 Å². The molecule has 2 atom stereocenters. The van der Waals surface area contributed by atoms with Crippen LogP contribution in [0.15, 0.2) is 24.3 Å². The van der Waals surface area contributed by atoms with Crippen LogP contribution in [0, 0.1) is 24.7 Å². The summed E-state index contributed by atoms with van der Waals surface area (Å²) in [7, 11) is 1.66. The largest absolute Gasteiger partial charge is 0.497 e. The zero-order valence-electron chi connectivity index (χ0n) is 10.6. The number of hydrogen-bond acceptors (Lipinski definition) is 2. The van der Waals surface area contributed by atoms with Crippen molar-refractivity contribution in [3.63, 3.8) is 0 Å². The third kappa shape index (κ3) is 2.50. The number of terminal acetylenes is 2. The first-order valence-electron chi connectivity index (χ1n) is 6.09. The summed E-state index contributed by atoms with van der Waals surface area (Å²) in [4.78, 5) is 2.22. The van der Waals surface area contributed by atoms with Crippen molar-refractivity contribution in [3.8, 4) is 30.4 Å². The van der Waals surface area contributed by atoms with E-state index in [-0.39, 0.29) is 12.1 Å². The summed E-state index contributed by atoms with van der Waals surface area (Å²) in [5.41, 5.74) is 1.21. The lowest BCUT2D eigenvalue weighted by Gasteiger charge is -2.24. The molecule has 0 spiro atoms. The number of nitrogens with zero attached hydrogens (tertiary/aromatic N) is 1. The predicted octanol–water partition coefficient (Wildman–Crippen LogP) is 2.29. The van der Waals surface area contributed by atoms with Crippen molar-refractivity contribution in [1.82, 2.24) is 4.90 Å². The molecule has 2 heteroatoms. The normalized spacial score (nSPS) is 23.3. The van der Waals surface area contributed by atoms with E-state index in [2.05, 4.69) is 28.9 Å². The molecule has 0 bridgehead atoms. The molecular weight excluding hydrogens is 222 g/mol. The van der Waals surface area contributed by atoms with Crippen LogP contribution in [0.3, 0.4) is 0 Å². The highest BCUT2D eigenvalue weighted by Crippen LogP contribution is 2.26. The number of likely N-dealkylation sites (tertiary alicyclic amines) is 1. The Kier molecular flexibility index (Phi) is 3.92. The van der Waals surface area contributed by atoms with E-state index < -0.39 is 0 Å². The predicted molar refractivity (Wildman–Crippen MR) is 73.0 cm³/mol. The number of methoxy groups -OCH3 is 1. The maximum atomic E-state index is 5.56. The molecule has 0 amide bonds. The van der Waals surface area contributed by atoms with Crippen LogP contribution < -0.4 is 4.74 Å². The van der Waals surface area contributed by atoms with Crippen molar-refractivity contribution < 1.29 is 4.74 Å². The van der Waals surface area contributed by atoms with Crippen LogP contribution in [0.25, 0.3) is 0 Å². The molecule has 1 aliphatic rings. The van der Waals surface area contributed by atoms with Gasteiger partial charge in [-0.2, -0.15) is 0 Å². The van der Waals surface area contributed by atoms with E-state index in [1.165, 1.54) is 5.56 Å². The van der Waals surface area contributed by atoms with Crippen molar-refractivity contribution in [2.24, 2.45) is 0 Å². The highest BCUT2D eigenvalue weighted by Gasteiger charge is 2.30. The van der Waals surface area contributed by atoms with E-state index in [0.717, 1.165) is 25.1 Å². The maximum absolute atomic E-state index is 5.56. The van der Waals surface area contributed by atoms with Gasteiger partial charge in [-0.1, -0.05) is 24.0 Å². The SMILES string of the molecule is C#C[C@H]1CC[C@H](C#C)N1Cc1ccc(OC)cc1. The summed E-state index contributed by atoms with van der Waals surface area (Å²) in [5.74, 6) is 6.52. The Morgan fingerprint density at radius 1 is 1.17 bits per heavy atom. The Bertz CT molecular complexity index is 455. The highest BCUT2D eigenvalue weighted by atomic mass is 16.5. The molecule has 0 N–H and O–H groups in total. The number of ether oxygens (including phenoxy) is 1. The van der Waals surface area contributed by atoms with Gasteiger partial charge in [-0.25, -0.2) is 0 Å². The van der Waals surface area contributed by atoms with Crippen LogP contribution in [0.2, 0.25) is 0 Å². The second-order valence-corrected chi connectivity index (χ2v) is 4.46. The van der Waals surface area contributed by atoms with Gasteiger partial charge in [-0.05, 0) is 30.5 Å². The lowest BCUT2D eigenvalue weighted by Crippen LogP contribution is -2.33. The van der Waals surface area contributed by atoms with Gasteiger partial charge >= 0.3 is 0 Å². The Labute approximate surface area is 109 Å². The summed E-state index contributed by atoms with van der Waals surface area (Å²) in [6.45, 7) is 0.799. The molecule has 0 aromatic heterocycles. The summed E-state index contributed by atoms with van der Waals surface area (Å²) in [6.07, 6.45) is 13.1. The zero-order chi connectivity index (χ0) is 13.0. The molecule has 1 saturated heterocycles. The minimum absolute atomic E-state index is 0.160. The molecule has 2 rings (SSSR count). The lowest BCUT2D eigenvalue weighted by molar-refractivity contribution is 0.251. The van der Waals surface area contributed by atoms with Crippen LogP contribution in [0.4, 0.5) is 0 Å². The summed E-state index contributed by atoms with van der Waals surface area (Å²) in [6, 6.07) is 8.35. The molecule has 0 saturated carbocycles. The summed E-state index contributed by atoms with van der Waals surface area (Å²) < 4.78 is 5.15. The molecule has 1 aromatic carbocycles. The van der Waals surface area contributed by atoms with E-state index in [4.69, 9.17) is 17.6 Å². The smallest absolute Gasteiger partial charge is 0.118 e. The van der Waals surface area contributed by atoms with Crippen molar-refractivity contribution in [1.29, 1.82) is 0 Å². The highest BCUT2D eigenvalue weighted by molar-refractivity contribution is 5.28. The monoisotopic (exact) mass is 239 g/mol. The first kappa shape index (κ1) is 12.6. The van der Waals surface area contributed by atoms with Gasteiger partial charge < -0.3 is 4.74 Å². The number of hydrogen-bond donors (Lipinski definition) is 0. The molecule has 0 radical (unpaired) electrons. The molecule has 92 valence electrons. The van der Waals surface area contributed by atoms with Crippen molar-refractivity contribution in [3.05, 3.63) is 29.8 Å². The van der Waals surface area contributed by atoms with Crippen molar-refractivity contribution in [2.45, 2.75) is 31.5 Å². The molecular formula is C16H17NO. The van der Waals surface area contributed by atoms with Gasteiger partial charge in [0.25, 0.3) is 0 Å². The van der Waals surface area contributed by atoms with Crippen LogP contribution in [0.5, 0.6) is 5.75 Å². The van der Waals surface area contributed by atoms with Crippen molar-refractivity contribution >= 4 is 0 Å². The minimum Gasteiger partial charge on any atom is -0.497 e. The number of benzene rings is 1. The second-order valence-electron chi connectivity index (χ2n) is 4.46. The summed E-state index contributed by atoms with van der Waals surface area (Å²) in [5, 5.41) is 0. The van der Waals surface area contributed by atoms with Gasteiger partial charge in [-0.3, -0.25) is 4.90 Å². The first-order chi connectivity index (χ1) is 8.78.